The second-order valence-corrected chi connectivity index (χ2v) is 3.47. The number of nitriles is 1. The number of fused-ring (bicyclic) bond motifs is 1. The van der Waals surface area contributed by atoms with Gasteiger partial charge in [-0.3, -0.25) is 0 Å². The van der Waals surface area contributed by atoms with Crippen LogP contribution < -0.4 is 0 Å². The maximum absolute atomic E-state index is 8.86. The summed E-state index contributed by atoms with van der Waals surface area (Å²) in [6.45, 7) is 0. The fourth-order valence-corrected chi connectivity index (χ4v) is 1.68. The molecule has 0 spiro atoms. The Hall–Kier alpha value is -1.41. The molecule has 0 bridgehead atoms. The van der Waals surface area contributed by atoms with Crippen molar-refractivity contribution < 1.29 is 0 Å². The van der Waals surface area contributed by atoms with E-state index in [1.165, 1.54) is 0 Å². The Morgan fingerprint density at radius 3 is 3.14 bits per heavy atom. The molecule has 1 unspecified atom stereocenters. The molecule has 5 heteroatoms. The third-order valence-corrected chi connectivity index (χ3v) is 2.59. The molecule has 2 rings (SSSR count). The lowest BCUT2D eigenvalue weighted by atomic mass is 10.1. The summed E-state index contributed by atoms with van der Waals surface area (Å²) >= 11 is 3.28. The van der Waals surface area contributed by atoms with Crippen LogP contribution in [0, 0.1) is 11.3 Å². The summed E-state index contributed by atoms with van der Waals surface area (Å²) in [6.07, 6.45) is 3.49. The number of halogens is 1. The van der Waals surface area contributed by atoms with Crippen molar-refractivity contribution in [2.24, 2.45) is 0 Å². The number of hydrogen-bond donors (Lipinski definition) is 0. The van der Waals surface area contributed by atoms with Gasteiger partial charge in [0.25, 0.3) is 0 Å². The topological polar surface area (TPSA) is 54.0 Å². The zero-order valence-corrected chi connectivity index (χ0v) is 8.85. The molecule has 0 saturated carbocycles. The van der Waals surface area contributed by atoms with Crippen LogP contribution in [-0.2, 0) is 0 Å². The molecule has 2 heterocycles. The molecule has 4 nitrogen and oxygen atoms in total. The Kier molecular flexibility index (Phi) is 2.46. The van der Waals surface area contributed by atoms with Gasteiger partial charge in [0.15, 0.2) is 5.65 Å². The number of nitrogens with zero attached hydrogens (tertiary/aromatic N) is 4. The van der Waals surface area contributed by atoms with Crippen LogP contribution in [-0.4, -0.2) is 19.9 Å². The third-order valence-electron chi connectivity index (χ3n) is 1.95. The summed E-state index contributed by atoms with van der Waals surface area (Å²) in [4.78, 5) is 4.33. The highest BCUT2D eigenvalue weighted by molar-refractivity contribution is 9.09. The molecule has 0 N–H and O–H groups in total. The Balaban J connectivity index is 2.48. The largest absolute Gasteiger partial charge is 0.232 e. The number of rotatable bonds is 2. The van der Waals surface area contributed by atoms with Gasteiger partial charge in [0, 0.05) is 17.6 Å². The molecule has 0 saturated heterocycles. The van der Waals surface area contributed by atoms with E-state index >= 15 is 0 Å². The van der Waals surface area contributed by atoms with Crippen molar-refractivity contribution in [3.63, 3.8) is 0 Å². The highest BCUT2D eigenvalue weighted by Gasteiger charge is 2.10. The average molecular weight is 251 g/mol. The van der Waals surface area contributed by atoms with Crippen molar-refractivity contribution in [1.29, 1.82) is 5.26 Å². The SMILES string of the molecule is N#CC(CBr)c1ccn2nccc2n1. The fourth-order valence-electron chi connectivity index (χ4n) is 1.20. The molecular formula is C9H7BrN4. The lowest BCUT2D eigenvalue weighted by molar-refractivity contribution is 0.884. The highest BCUT2D eigenvalue weighted by atomic mass is 79.9. The number of alkyl halides is 1. The van der Waals surface area contributed by atoms with Gasteiger partial charge in [-0.05, 0) is 6.07 Å². The van der Waals surface area contributed by atoms with Gasteiger partial charge in [0.1, 0.15) is 0 Å². The van der Waals surface area contributed by atoms with E-state index in [4.69, 9.17) is 5.26 Å². The van der Waals surface area contributed by atoms with Gasteiger partial charge in [-0.2, -0.15) is 10.4 Å². The molecule has 0 aromatic carbocycles. The summed E-state index contributed by atoms with van der Waals surface area (Å²) in [6, 6.07) is 5.81. The molecular weight excluding hydrogens is 244 g/mol. The van der Waals surface area contributed by atoms with Crippen LogP contribution in [0.5, 0.6) is 0 Å². The van der Waals surface area contributed by atoms with Crippen LogP contribution in [0.15, 0.2) is 24.5 Å². The molecule has 0 radical (unpaired) electrons. The van der Waals surface area contributed by atoms with Crippen molar-refractivity contribution in [2.45, 2.75) is 5.92 Å². The van der Waals surface area contributed by atoms with Gasteiger partial charge >= 0.3 is 0 Å². The predicted octanol–water partition coefficient (Wildman–Crippen LogP) is 1.73. The van der Waals surface area contributed by atoms with Crippen LogP contribution in [0.1, 0.15) is 11.6 Å². The first-order valence-electron chi connectivity index (χ1n) is 4.11. The van der Waals surface area contributed by atoms with Crippen molar-refractivity contribution in [3.8, 4) is 6.07 Å². The van der Waals surface area contributed by atoms with E-state index in [0.717, 1.165) is 11.3 Å². The first kappa shape index (κ1) is 9.16. The van der Waals surface area contributed by atoms with Gasteiger partial charge in [0.05, 0.1) is 23.9 Å². The molecule has 0 aliphatic carbocycles. The lowest BCUT2D eigenvalue weighted by Crippen LogP contribution is -2.02. The van der Waals surface area contributed by atoms with Gasteiger partial charge < -0.3 is 0 Å². The Morgan fingerprint density at radius 1 is 1.57 bits per heavy atom. The molecule has 0 fully saturated rings. The third kappa shape index (κ3) is 1.49. The molecule has 0 amide bonds. The fraction of sp³-hybridized carbons (Fsp3) is 0.222. The summed E-state index contributed by atoms with van der Waals surface area (Å²) in [5.41, 5.74) is 1.54. The van der Waals surface area contributed by atoms with Crippen LogP contribution >= 0.6 is 15.9 Å². The number of hydrogen-bond acceptors (Lipinski definition) is 3. The smallest absolute Gasteiger partial charge is 0.155 e. The van der Waals surface area contributed by atoms with E-state index in [1.54, 1.807) is 10.7 Å². The van der Waals surface area contributed by atoms with Gasteiger partial charge in [0.2, 0.25) is 0 Å². The second kappa shape index (κ2) is 3.76. The maximum Gasteiger partial charge on any atom is 0.155 e. The summed E-state index contributed by atoms with van der Waals surface area (Å²) in [7, 11) is 0. The molecule has 70 valence electrons. The van der Waals surface area contributed by atoms with E-state index in [-0.39, 0.29) is 5.92 Å². The van der Waals surface area contributed by atoms with Crippen molar-refractivity contribution in [1.82, 2.24) is 14.6 Å². The summed E-state index contributed by atoms with van der Waals surface area (Å²) in [5, 5.41) is 13.5. The van der Waals surface area contributed by atoms with Crippen molar-refractivity contribution >= 4 is 21.6 Å². The van der Waals surface area contributed by atoms with E-state index in [2.05, 4.69) is 32.1 Å². The Morgan fingerprint density at radius 2 is 2.43 bits per heavy atom. The van der Waals surface area contributed by atoms with Gasteiger partial charge in [-0.15, -0.1) is 0 Å². The Bertz CT molecular complexity index is 485. The van der Waals surface area contributed by atoms with E-state index in [9.17, 15) is 0 Å². The molecule has 2 aromatic rings. The maximum atomic E-state index is 8.86. The minimum absolute atomic E-state index is 0.199. The second-order valence-electron chi connectivity index (χ2n) is 2.82. The van der Waals surface area contributed by atoms with Crippen molar-refractivity contribution in [3.05, 3.63) is 30.2 Å². The van der Waals surface area contributed by atoms with Crippen LogP contribution in [0.25, 0.3) is 5.65 Å². The summed E-state index contributed by atoms with van der Waals surface area (Å²) in [5.74, 6) is -0.199. The standard InChI is InChI=1S/C9H7BrN4/c10-5-7(6-11)8-2-4-14-9(13-8)1-3-12-14/h1-4,7H,5H2. The average Bonchev–Trinajstić information content (AvgIpc) is 2.66. The van der Waals surface area contributed by atoms with E-state index in [1.807, 2.05) is 18.3 Å². The Labute approximate surface area is 89.3 Å². The monoisotopic (exact) mass is 250 g/mol. The molecule has 2 aromatic heterocycles. The van der Waals surface area contributed by atoms with Crippen LogP contribution in [0.3, 0.4) is 0 Å². The lowest BCUT2D eigenvalue weighted by Gasteiger charge is -2.03. The molecule has 0 aliphatic rings. The quantitative estimate of drug-likeness (QED) is 0.764. The van der Waals surface area contributed by atoms with Crippen LogP contribution in [0.2, 0.25) is 0 Å². The van der Waals surface area contributed by atoms with Gasteiger partial charge in [-0.1, -0.05) is 15.9 Å². The minimum atomic E-state index is -0.199. The van der Waals surface area contributed by atoms with E-state index in [0.29, 0.717) is 5.33 Å². The summed E-state index contributed by atoms with van der Waals surface area (Å²) < 4.78 is 1.67. The zero-order valence-electron chi connectivity index (χ0n) is 7.26. The van der Waals surface area contributed by atoms with Crippen molar-refractivity contribution in [2.75, 3.05) is 5.33 Å². The minimum Gasteiger partial charge on any atom is -0.232 e. The highest BCUT2D eigenvalue weighted by Crippen LogP contribution is 2.15. The van der Waals surface area contributed by atoms with Crippen LogP contribution in [0.4, 0.5) is 0 Å². The predicted molar refractivity (Wildman–Crippen MR) is 55.1 cm³/mol. The molecule has 1 atom stereocenters. The number of aromatic nitrogens is 3. The molecule has 0 aliphatic heterocycles. The first-order chi connectivity index (χ1) is 6.85. The molecule has 14 heavy (non-hydrogen) atoms. The normalized spacial score (nSPS) is 12.6. The first-order valence-corrected chi connectivity index (χ1v) is 5.23. The van der Waals surface area contributed by atoms with E-state index < -0.39 is 0 Å². The zero-order chi connectivity index (χ0) is 9.97. The van der Waals surface area contributed by atoms with Gasteiger partial charge in [-0.25, -0.2) is 9.50 Å².